The van der Waals surface area contributed by atoms with Gasteiger partial charge in [-0.15, -0.1) is 0 Å². The molecule has 0 radical (unpaired) electrons. The summed E-state index contributed by atoms with van der Waals surface area (Å²) in [5.41, 5.74) is -0.729. The molecule has 0 aliphatic heterocycles. The van der Waals surface area contributed by atoms with Crippen molar-refractivity contribution in [1.82, 2.24) is 0 Å². The van der Waals surface area contributed by atoms with Gasteiger partial charge in [-0.05, 0) is 38.0 Å². The number of carbonyl (C=O) groups is 1. The maximum Gasteiger partial charge on any atom is 0.413 e. The number of halogens is 3. The van der Waals surface area contributed by atoms with Gasteiger partial charge in [-0.1, -0.05) is 0 Å². The number of hydrogen-bond acceptors (Lipinski definition) is 2. The second-order valence-electron chi connectivity index (χ2n) is 4.25. The lowest BCUT2D eigenvalue weighted by Crippen LogP contribution is -2.24. The summed E-state index contributed by atoms with van der Waals surface area (Å²) in [6, 6.07) is 0. The van der Waals surface area contributed by atoms with E-state index in [0.717, 1.165) is 0 Å². The van der Waals surface area contributed by atoms with Gasteiger partial charge in [-0.2, -0.15) is 13.2 Å². The van der Waals surface area contributed by atoms with Crippen LogP contribution in [0.1, 0.15) is 26.2 Å². The summed E-state index contributed by atoms with van der Waals surface area (Å²) in [6.45, 7) is 1.71. The molecule has 0 aromatic rings. The van der Waals surface area contributed by atoms with E-state index < -0.39 is 23.6 Å². The zero-order valence-electron chi connectivity index (χ0n) is 8.93. The molecule has 2 bridgehead atoms. The average Bonchev–Trinajstić information content (AvgIpc) is 2.74. The molecule has 2 atom stereocenters. The van der Waals surface area contributed by atoms with Crippen molar-refractivity contribution in [2.75, 3.05) is 6.61 Å². The Morgan fingerprint density at radius 1 is 1.38 bits per heavy atom. The molecule has 2 nitrogen and oxygen atoms in total. The SMILES string of the molecule is CCOC(=O)C1=C(C(F)(F)F)C2CCC1C2. The summed E-state index contributed by atoms with van der Waals surface area (Å²) in [4.78, 5) is 11.5. The number of ether oxygens (including phenoxy) is 1. The molecule has 1 fully saturated rings. The van der Waals surface area contributed by atoms with Crippen LogP contribution < -0.4 is 0 Å². The van der Waals surface area contributed by atoms with Gasteiger partial charge in [0.15, 0.2) is 0 Å². The average molecular weight is 234 g/mol. The standard InChI is InChI=1S/C11H13F3O2/c1-2-16-10(15)8-6-3-4-7(5-6)9(8)11(12,13)14/h6-7H,2-5H2,1H3. The molecule has 16 heavy (non-hydrogen) atoms. The van der Waals surface area contributed by atoms with E-state index in [1.54, 1.807) is 6.92 Å². The first kappa shape index (κ1) is 11.5. The lowest BCUT2D eigenvalue weighted by molar-refractivity contribution is -0.140. The van der Waals surface area contributed by atoms with Crippen LogP contribution in [-0.2, 0) is 9.53 Å². The van der Waals surface area contributed by atoms with Crippen LogP contribution in [-0.4, -0.2) is 18.8 Å². The highest BCUT2D eigenvalue weighted by Gasteiger charge is 2.52. The molecule has 0 saturated heterocycles. The minimum Gasteiger partial charge on any atom is -0.463 e. The van der Waals surface area contributed by atoms with Crippen LogP contribution >= 0.6 is 0 Å². The van der Waals surface area contributed by atoms with Crippen LogP contribution in [0, 0.1) is 11.8 Å². The van der Waals surface area contributed by atoms with Crippen molar-refractivity contribution >= 4 is 5.97 Å². The van der Waals surface area contributed by atoms with Crippen LogP contribution in [0.2, 0.25) is 0 Å². The van der Waals surface area contributed by atoms with Crippen molar-refractivity contribution in [3.63, 3.8) is 0 Å². The van der Waals surface area contributed by atoms with Crippen LogP contribution in [0.25, 0.3) is 0 Å². The molecular weight excluding hydrogens is 221 g/mol. The van der Waals surface area contributed by atoms with Crippen LogP contribution in [0.3, 0.4) is 0 Å². The molecule has 1 saturated carbocycles. The number of rotatable bonds is 2. The highest BCUT2D eigenvalue weighted by molar-refractivity contribution is 5.91. The van der Waals surface area contributed by atoms with Gasteiger partial charge in [-0.3, -0.25) is 0 Å². The van der Waals surface area contributed by atoms with E-state index in [0.29, 0.717) is 19.3 Å². The molecule has 0 N–H and O–H groups in total. The predicted octanol–water partition coefficient (Wildman–Crippen LogP) is 2.84. The normalized spacial score (nSPS) is 28.8. The van der Waals surface area contributed by atoms with Gasteiger partial charge < -0.3 is 4.74 Å². The Kier molecular flexibility index (Phi) is 2.72. The zero-order valence-corrected chi connectivity index (χ0v) is 8.93. The van der Waals surface area contributed by atoms with Crippen molar-refractivity contribution in [3.05, 3.63) is 11.1 Å². The maximum absolute atomic E-state index is 12.8. The van der Waals surface area contributed by atoms with E-state index in [1.165, 1.54) is 0 Å². The van der Waals surface area contributed by atoms with Gasteiger partial charge in [0.2, 0.25) is 0 Å². The summed E-state index contributed by atoms with van der Waals surface area (Å²) >= 11 is 0. The molecule has 2 unspecified atom stereocenters. The smallest absolute Gasteiger partial charge is 0.413 e. The van der Waals surface area contributed by atoms with Crippen molar-refractivity contribution < 1.29 is 22.7 Å². The molecule has 2 aliphatic carbocycles. The van der Waals surface area contributed by atoms with Crippen molar-refractivity contribution in [2.24, 2.45) is 11.8 Å². The lowest BCUT2D eigenvalue weighted by atomic mass is 9.91. The Bertz CT molecular complexity index is 344. The van der Waals surface area contributed by atoms with Gasteiger partial charge in [0.25, 0.3) is 0 Å². The Morgan fingerprint density at radius 2 is 2.00 bits per heavy atom. The quantitative estimate of drug-likeness (QED) is 0.687. The first-order valence-electron chi connectivity index (χ1n) is 5.43. The molecule has 0 spiro atoms. The van der Waals surface area contributed by atoms with Gasteiger partial charge >= 0.3 is 12.1 Å². The van der Waals surface area contributed by atoms with Gasteiger partial charge in [-0.25, -0.2) is 4.79 Å². The zero-order chi connectivity index (χ0) is 11.9. The van der Waals surface area contributed by atoms with Crippen LogP contribution in [0.4, 0.5) is 13.2 Å². The first-order valence-corrected chi connectivity index (χ1v) is 5.43. The summed E-state index contributed by atoms with van der Waals surface area (Å²) in [5, 5.41) is 0. The maximum atomic E-state index is 12.8. The summed E-state index contributed by atoms with van der Waals surface area (Å²) in [6.07, 6.45) is -2.70. The molecule has 0 aromatic heterocycles. The van der Waals surface area contributed by atoms with Crippen LogP contribution in [0.5, 0.6) is 0 Å². The van der Waals surface area contributed by atoms with Gasteiger partial charge in [0, 0.05) is 11.1 Å². The summed E-state index contributed by atoms with van der Waals surface area (Å²) < 4.78 is 43.1. The Labute approximate surface area is 91.5 Å². The number of alkyl halides is 3. The predicted molar refractivity (Wildman–Crippen MR) is 50.5 cm³/mol. The van der Waals surface area contributed by atoms with E-state index in [-0.39, 0.29) is 18.1 Å². The number of allylic oxidation sites excluding steroid dienone is 1. The lowest BCUT2D eigenvalue weighted by Gasteiger charge is -2.20. The second-order valence-corrected chi connectivity index (χ2v) is 4.25. The van der Waals surface area contributed by atoms with Crippen LogP contribution in [0.15, 0.2) is 11.1 Å². The van der Waals surface area contributed by atoms with Gasteiger partial charge in [0.1, 0.15) is 0 Å². The number of carbonyl (C=O) groups excluding carboxylic acids is 1. The molecule has 0 heterocycles. The monoisotopic (exact) mass is 234 g/mol. The Balaban J connectivity index is 2.36. The number of hydrogen-bond donors (Lipinski definition) is 0. The highest BCUT2D eigenvalue weighted by atomic mass is 19.4. The number of fused-ring (bicyclic) bond motifs is 2. The van der Waals surface area contributed by atoms with E-state index in [1.807, 2.05) is 0 Å². The molecule has 5 heteroatoms. The third-order valence-corrected chi connectivity index (χ3v) is 3.34. The number of esters is 1. The third kappa shape index (κ3) is 1.72. The highest BCUT2D eigenvalue weighted by Crippen LogP contribution is 2.53. The molecule has 90 valence electrons. The van der Waals surface area contributed by atoms with E-state index in [9.17, 15) is 18.0 Å². The fraction of sp³-hybridized carbons (Fsp3) is 0.727. The van der Waals surface area contributed by atoms with E-state index >= 15 is 0 Å². The van der Waals surface area contributed by atoms with E-state index in [4.69, 9.17) is 4.74 Å². The first-order chi connectivity index (χ1) is 7.45. The molecule has 0 amide bonds. The second kappa shape index (κ2) is 3.79. The minimum absolute atomic E-state index is 0.106. The Hall–Kier alpha value is -1.00. The summed E-state index contributed by atoms with van der Waals surface area (Å²) in [5.74, 6) is -1.49. The molecular formula is C11H13F3O2. The summed E-state index contributed by atoms with van der Waals surface area (Å²) in [7, 11) is 0. The fourth-order valence-corrected chi connectivity index (χ4v) is 2.82. The van der Waals surface area contributed by atoms with E-state index in [2.05, 4.69) is 0 Å². The van der Waals surface area contributed by atoms with Crippen molar-refractivity contribution in [2.45, 2.75) is 32.4 Å². The largest absolute Gasteiger partial charge is 0.463 e. The van der Waals surface area contributed by atoms with Gasteiger partial charge in [0.05, 0.1) is 6.61 Å². The fourth-order valence-electron chi connectivity index (χ4n) is 2.82. The van der Waals surface area contributed by atoms with Crippen molar-refractivity contribution in [3.8, 4) is 0 Å². The molecule has 2 rings (SSSR count). The topological polar surface area (TPSA) is 26.3 Å². The molecule has 0 aromatic carbocycles. The van der Waals surface area contributed by atoms with Crippen molar-refractivity contribution in [1.29, 1.82) is 0 Å². The Morgan fingerprint density at radius 3 is 2.56 bits per heavy atom. The third-order valence-electron chi connectivity index (χ3n) is 3.34. The molecule has 2 aliphatic rings. The minimum atomic E-state index is -4.39.